The Bertz CT molecular complexity index is 1020. The van der Waals surface area contributed by atoms with Crippen molar-refractivity contribution in [1.82, 2.24) is 15.2 Å². The summed E-state index contributed by atoms with van der Waals surface area (Å²) in [5, 5.41) is 25.7. The summed E-state index contributed by atoms with van der Waals surface area (Å²) in [7, 11) is 0. The van der Waals surface area contributed by atoms with E-state index in [4.69, 9.17) is 15.7 Å². The van der Waals surface area contributed by atoms with Crippen LogP contribution in [0, 0.1) is 0 Å². The molecule has 172 valence electrons. The number of hydrogen-bond acceptors (Lipinski definition) is 11. The Morgan fingerprint density at radius 3 is 2.75 bits per heavy atom. The summed E-state index contributed by atoms with van der Waals surface area (Å²) >= 11 is 3.83. The minimum atomic E-state index is -1.33. The number of β-lactam (4-membered cyclic amide) rings is 1. The van der Waals surface area contributed by atoms with Crippen LogP contribution < -0.4 is 11.1 Å². The number of hydrogen-bond donors (Lipinski definition) is 4. The van der Waals surface area contributed by atoms with Crippen molar-refractivity contribution >= 4 is 69.5 Å². The van der Waals surface area contributed by atoms with E-state index in [1.807, 2.05) is 6.26 Å². The van der Waals surface area contributed by atoms with Crippen molar-refractivity contribution in [3.63, 3.8) is 0 Å². The van der Waals surface area contributed by atoms with Gasteiger partial charge in [-0.05, 0) is 18.8 Å². The van der Waals surface area contributed by atoms with Gasteiger partial charge in [0.1, 0.15) is 22.8 Å². The molecular formula is C17H19N5O7S3. The van der Waals surface area contributed by atoms with E-state index < -0.39 is 41.3 Å². The lowest BCUT2D eigenvalue weighted by Crippen LogP contribution is -2.71. The monoisotopic (exact) mass is 501 g/mol. The van der Waals surface area contributed by atoms with E-state index in [0.717, 1.165) is 11.3 Å². The Labute approximate surface area is 194 Å². The van der Waals surface area contributed by atoms with Gasteiger partial charge in [-0.1, -0.05) is 5.16 Å². The van der Waals surface area contributed by atoms with Crippen LogP contribution in [0.1, 0.15) is 12.6 Å². The molecule has 0 saturated carbocycles. The van der Waals surface area contributed by atoms with E-state index >= 15 is 0 Å². The van der Waals surface area contributed by atoms with Crippen molar-refractivity contribution in [1.29, 1.82) is 0 Å². The Morgan fingerprint density at radius 1 is 1.47 bits per heavy atom. The molecule has 5 N–H and O–H groups in total. The molecule has 1 aromatic heterocycles. The smallest absolute Gasteiger partial charge is 0.352 e. The van der Waals surface area contributed by atoms with Gasteiger partial charge in [0.05, 0.1) is 0 Å². The molecule has 3 rings (SSSR count). The van der Waals surface area contributed by atoms with Crippen LogP contribution in [-0.4, -0.2) is 84.8 Å². The zero-order valence-electron chi connectivity index (χ0n) is 16.8. The van der Waals surface area contributed by atoms with Crippen LogP contribution in [0.3, 0.4) is 0 Å². The molecule has 32 heavy (non-hydrogen) atoms. The van der Waals surface area contributed by atoms with Gasteiger partial charge >= 0.3 is 11.9 Å². The topological polar surface area (TPSA) is 185 Å². The maximum absolute atomic E-state index is 12.9. The van der Waals surface area contributed by atoms with Crippen molar-refractivity contribution < 1.29 is 34.2 Å². The van der Waals surface area contributed by atoms with Gasteiger partial charge < -0.3 is 26.1 Å². The maximum Gasteiger partial charge on any atom is 0.352 e. The zero-order chi connectivity index (χ0) is 23.6. The lowest BCUT2D eigenvalue weighted by molar-refractivity contribution is -0.150. The second-order valence-corrected chi connectivity index (χ2v) is 9.51. The average molecular weight is 502 g/mol. The first kappa shape index (κ1) is 23.9. The molecule has 15 heteroatoms. The van der Waals surface area contributed by atoms with Crippen molar-refractivity contribution in [3.8, 4) is 0 Å². The third-order valence-corrected chi connectivity index (χ3v) is 7.14. The van der Waals surface area contributed by atoms with Crippen LogP contribution in [-0.2, 0) is 24.0 Å². The van der Waals surface area contributed by atoms with E-state index in [9.17, 15) is 24.3 Å². The number of nitrogens with two attached hydrogens (primary N) is 1. The van der Waals surface area contributed by atoms with Gasteiger partial charge in [0.15, 0.2) is 10.8 Å². The van der Waals surface area contributed by atoms with E-state index in [1.54, 1.807) is 0 Å². The lowest BCUT2D eigenvalue weighted by Gasteiger charge is -2.49. The number of anilines is 1. The van der Waals surface area contributed by atoms with Crippen LogP contribution in [0.25, 0.3) is 0 Å². The quantitative estimate of drug-likeness (QED) is 0.203. The summed E-state index contributed by atoms with van der Waals surface area (Å²) in [6.07, 6.45) is 0.505. The molecule has 2 aliphatic heterocycles. The first-order valence-electron chi connectivity index (χ1n) is 9.03. The fourth-order valence-electron chi connectivity index (χ4n) is 2.96. The number of nitrogen functional groups attached to an aromatic ring is 1. The molecule has 0 radical (unpaired) electrons. The van der Waals surface area contributed by atoms with Gasteiger partial charge in [-0.2, -0.15) is 11.8 Å². The van der Waals surface area contributed by atoms with Gasteiger partial charge in [-0.3, -0.25) is 14.5 Å². The highest BCUT2D eigenvalue weighted by molar-refractivity contribution is 8.00. The number of thioether (sulfide) groups is 2. The fourth-order valence-corrected chi connectivity index (χ4v) is 5.57. The summed E-state index contributed by atoms with van der Waals surface area (Å²) in [6.45, 7) is 1.23. The highest BCUT2D eigenvalue weighted by Gasteiger charge is 2.54. The van der Waals surface area contributed by atoms with Crippen LogP contribution in [0.4, 0.5) is 5.13 Å². The largest absolute Gasteiger partial charge is 0.478 e. The van der Waals surface area contributed by atoms with E-state index in [-0.39, 0.29) is 22.2 Å². The number of fused-ring (bicyclic) bond motifs is 1. The number of carbonyl (C=O) groups excluding carboxylic acids is 2. The molecule has 0 bridgehead atoms. The number of carboxylic acids is 2. The van der Waals surface area contributed by atoms with Crippen LogP contribution in [0.15, 0.2) is 21.8 Å². The third-order valence-electron chi connectivity index (χ3n) is 4.48. The minimum absolute atomic E-state index is 0.0518. The molecule has 2 aliphatic rings. The normalized spacial score (nSPS) is 21.5. The second kappa shape index (κ2) is 9.79. The van der Waals surface area contributed by atoms with Gasteiger partial charge in [-0.15, -0.1) is 23.1 Å². The van der Waals surface area contributed by atoms with Crippen LogP contribution in [0.2, 0.25) is 0 Å². The Kier molecular flexibility index (Phi) is 7.30. The van der Waals surface area contributed by atoms with Gasteiger partial charge in [0.2, 0.25) is 6.10 Å². The van der Waals surface area contributed by atoms with Crippen molar-refractivity contribution in [2.45, 2.75) is 24.4 Å². The van der Waals surface area contributed by atoms with Crippen molar-refractivity contribution in [2.75, 3.05) is 23.5 Å². The number of oxime groups is 1. The molecule has 1 saturated heterocycles. The molecule has 1 fully saturated rings. The molecule has 2 amide bonds. The fraction of sp³-hybridized carbons (Fsp3) is 0.412. The molecule has 1 aromatic rings. The number of rotatable bonds is 9. The van der Waals surface area contributed by atoms with Crippen LogP contribution >= 0.6 is 34.9 Å². The summed E-state index contributed by atoms with van der Waals surface area (Å²) in [6, 6.07) is -0.990. The molecule has 0 spiro atoms. The summed E-state index contributed by atoms with van der Waals surface area (Å²) in [5.41, 5.74) is 5.89. The molecule has 3 heterocycles. The average Bonchev–Trinajstić information content (AvgIpc) is 3.17. The van der Waals surface area contributed by atoms with Gasteiger partial charge in [-0.25, -0.2) is 14.6 Å². The lowest BCUT2D eigenvalue weighted by atomic mass is 10.0. The number of amides is 2. The predicted octanol–water partition coefficient (Wildman–Crippen LogP) is 0.0207. The summed E-state index contributed by atoms with van der Waals surface area (Å²) < 4.78 is 0. The predicted molar refractivity (Wildman–Crippen MR) is 119 cm³/mol. The van der Waals surface area contributed by atoms with E-state index in [2.05, 4.69) is 15.5 Å². The first-order valence-corrected chi connectivity index (χ1v) is 12.4. The molecule has 3 atom stereocenters. The third kappa shape index (κ3) is 4.68. The first-order chi connectivity index (χ1) is 15.1. The van der Waals surface area contributed by atoms with Crippen molar-refractivity contribution in [2.24, 2.45) is 5.16 Å². The summed E-state index contributed by atoms with van der Waals surface area (Å²) in [4.78, 5) is 58.3. The molecular weight excluding hydrogens is 482 g/mol. The van der Waals surface area contributed by atoms with Crippen molar-refractivity contribution in [3.05, 3.63) is 22.3 Å². The number of nitrogens with one attached hydrogen (secondary N) is 1. The minimum Gasteiger partial charge on any atom is -0.478 e. The van der Waals surface area contributed by atoms with E-state index in [0.29, 0.717) is 17.1 Å². The highest BCUT2D eigenvalue weighted by Crippen LogP contribution is 2.40. The Morgan fingerprint density at radius 2 is 2.19 bits per heavy atom. The van der Waals surface area contributed by atoms with Crippen LogP contribution in [0.5, 0.6) is 0 Å². The molecule has 0 aliphatic carbocycles. The number of carbonyl (C=O) groups is 4. The summed E-state index contributed by atoms with van der Waals surface area (Å²) in [5.74, 6) is -3.00. The Balaban J connectivity index is 1.80. The SMILES string of the molecule is CSCC1=C(C(=O)O)N2C(=O)C(NC(=O)/C(=N/OC(C)C(=O)O)c3csc(N)n3)[C@H]2SC1. The van der Waals surface area contributed by atoms with E-state index in [1.165, 1.54) is 40.7 Å². The van der Waals surface area contributed by atoms with Gasteiger partial charge in [0, 0.05) is 16.9 Å². The van der Waals surface area contributed by atoms with Gasteiger partial charge in [0.25, 0.3) is 11.8 Å². The number of aliphatic carboxylic acids is 2. The molecule has 0 aromatic carbocycles. The Hall–Kier alpha value is -2.78. The number of nitrogens with zero attached hydrogens (tertiary/aromatic N) is 3. The number of aromatic nitrogens is 1. The number of carboxylic acid groups (broad SMARTS) is 2. The second-order valence-electron chi connectivity index (χ2n) is 6.65. The molecule has 12 nitrogen and oxygen atoms in total. The molecule has 2 unspecified atom stereocenters. The standard InChI is InChI=1S/C17H19N5O7S3/c1-6(15(25)26)29-21-9(8-5-32-17(18)19-8)12(23)20-10-13(24)22-11(16(27)28)7(3-30-2)4-31-14(10)22/h5-6,10,14H,3-4H2,1-2H3,(H2,18,19)(H,20,23)(H,25,26)(H,27,28)/b21-9+/t6?,10?,14-/m1/s1. The highest BCUT2D eigenvalue weighted by atomic mass is 32.2. The number of thiazole rings is 1. The zero-order valence-corrected chi connectivity index (χ0v) is 19.3. The maximum atomic E-state index is 12.9.